The number of carbonyl (C=O) groups excluding carboxylic acids is 2. The molecule has 2 N–H and O–H groups in total. The lowest BCUT2D eigenvalue weighted by atomic mass is 9.47. The van der Waals surface area contributed by atoms with Crippen molar-refractivity contribution in [2.75, 3.05) is 10.3 Å². The molecule has 9 rings (SSSR count). The van der Waals surface area contributed by atoms with Gasteiger partial charge in [0.1, 0.15) is 5.82 Å². The molecule has 2 amide bonds. The number of aromatic amines is 1. The summed E-state index contributed by atoms with van der Waals surface area (Å²) < 4.78 is 13.7. The van der Waals surface area contributed by atoms with Crippen LogP contribution < -0.4 is 10.3 Å². The van der Waals surface area contributed by atoms with Crippen molar-refractivity contribution in [3.05, 3.63) is 125 Å². The van der Waals surface area contributed by atoms with Gasteiger partial charge in [0.25, 0.3) is 0 Å². The Kier molecular flexibility index (Phi) is 4.68. The van der Waals surface area contributed by atoms with Gasteiger partial charge in [-0.3, -0.25) is 9.59 Å². The van der Waals surface area contributed by atoms with Gasteiger partial charge in [0.2, 0.25) is 17.8 Å². The quantitative estimate of drug-likeness (QED) is 0.187. The Balaban J connectivity index is 1.32. The molecule has 1 aliphatic heterocycles. The molecule has 0 unspecified atom stereocenters. The third kappa shape index (κ3) is 2.93. The van der Waals surface area contributed by atoms with Crippen LogP contribution in [0.4, 0.5) is 16.0 Å². The number of carbonyl (C=O) groups is 2. The summed E-state index contributed by atoms with van der Waals surface area (Å²) in [7, 11) is 0. The van der Waals surface area contributed by atoms with Crippen LogP contribution >= 0.6 is 0 Å². The minimum absolute atomic E-state index is 0.279. The predicted octanol–water partition coefficient (Wildman–Crippen LogP) is 5.35. The molecule has 7 nitrogen and oxygen atoms in total. The number of rotatable bonds is 4. The van der Waals surface area contributed by atoms with Crippen LogP contribution in [0.2, 0.25) is 0 Å². The second kappa shape index (κ2) is 8.19. The molecule has 1 aromatic heterocycles. The summed E-state index contributed by atoms with van der Waals surface area (Å²) in [5.41, 5.74) is 8.00. The standard InChI is InChI=1S/C32H22FN5O2/c33-18-13-15-19(16-14-18)38-29(39)27-26-20-7-1-3-9-22(20)32(28(27)30(38)40,23-10-4-2-8-21(23)26)17-34-37-31-35-24-11-5-6-12-25(24)36-31/h1-17,26-28H,(H2,35,36,37)/b34-17-/t26?,27-,28+,32?/m1/s1. The summed E-state index contributed by atoms with van der Waals surface area (Å²) in [5.74, 6) is -2.18. The maximum atomic E-state index is 14.3. The molecule has 5 aromatic rings. The molecule has 0 saturated carbocycles. The van der Waals surface area contributed by atoms with Crippen LogP contribution in [0.3, 0.4) is 0 Å². The summed E-state index contributed by atoms with van der Waals surface area (Å²) >= 11 is 0. The molecule has 1 fully saturated rings. The normalized spacial score (nSPS) is 24.4. The highest BCUT2D eigenvalue weighted by Crippen LogP contribution is 2.63. The van der Waals surface area contributed by atoms with Gasteiger partial charge in [-0.25, -0.2) is 19.7 Å². The first-order valence-electron chi connectivity index (χ1n) is 13.1. The third-order valence-electron chi connectivity index (χ3n) is 8.60. The van der Waals surface area contributed by atoms with Crippen LogP contribution in [0.5, 0.6) is 0 Å². The molecular formula is C32H22FN5O2. The monoisotopic (exact) mass is 527 g/mol. The van der Waals surface area contributed by atoms with Crippen molar-refractivity contribution >= 4 is 40.7 Å². The lowest BCUT2D eigenvalue weighted by Crippen LogP contribution is -2.54. The lowest BCUT2D eigenvalue weighted by Gasteiger charge is -2.52. The van der Waals surface area contributed by atoms with Gasteiger partial charge in [0.15, 0.2) is 0 Å². The number of hydrogen-bond donors (Lipinski definition) is 2. The zero-order chi connectivity index (χ0) is 27.0. The number of benzene rings is 4. The number of nitrogens with zero attached hydrogens (tertiary/aromatic N) is 3. The fraction of sp³-hybridized carbons (Fsp3) is 0.125. The number of hydrogen-bond acceptors (Lipinski definition) is 5. The number of nitrogens with one attached hydrogen (secondary N) is 2. The molecule has 194 valence electrons. The summed E-state index contributed by atoms with van der Waals surface area (Å²) in [5, 5.41) is 4.65. The first-order chi connectivity index (χ1) is 19.6. The van der Waals surface area contributed by atoms with Gasteiger partial charge in [-0.2, -0.15) is 5.10 Å². The van der Waals surface area contributed by atoms with Gasteiger partial charge in [0.05, 0.1) is 34.0 Å². The molecule has 3 aliphatic carbocycles. The Labute approximate surface area is 228 Å². The van der Waals surface area contributed by atoms with Crippen LogP contribution in [-0.4, -0.2) is 28.0 Å². The highest BCUT2D eigenvalue weighted by Gasteiger charge is 2.68. The number of anilines is 2. The number of amides is 2. The predicted molar refractivity (Wildman–Crippen MR) is 150 cm³/mol. The van der Waals surface area contributed by atoms with Crippen molar-refractivity contribution in [1.82, 2.24) is 9.97 Å². The summed E-state index contributed by atoms with van der Waals surface area (Å²) in [4.78, 5) is 37.4. The van der Waals surface area contributed by atoms with Crippen LogP contribution in [0.1, 0.15) is 28.2 Å². The van der Waals surface area contributed by atoms with Gasteiger partial charge in [-0.1, -0.05) is 60.7 Å². The van der Waals surface area contributed by atoms with Gasteiger partial charge in [-0.05, 0) is 58.7 Å². The second-order valence-corrected chi connectivity index (χ2v) is 10.5. The van der Waals surface area contributed by atoms with E-state index >= 15 is 0 Å². The van der Waals surface area contributed by atoms with Crippen LogP contribution in [-0.2, 0) is 15.0 Å². The minimum atomic E-state index is -1.01. The Hall–Kier alpha value is -5.11. The van der Waals surface area contributed by atoms with Crippen molar-refractivity contribution in [3.8, 4) is 0 Å². The molecular weight excluding hydrogens is 505 g/mol. The fourth-order valence-corrected chi connectivity index (χ4v) is 7.10. The number of para-hydroxylation sites is 2. The van der Waals surface area contributed by atoms with Gasteiger partial charge in [0, 0.05) is 12.1 Å². The summed E-state index contributed by atoms with van der Waals surface area (Å²) in [6.07, 6.45) is 1.77. The zero-order valence-corrected chi connectivity index (χ0v) is 21.1. The maximum absolute atomic E-state index is 14.3. The summed E-state index contributed by atoms with van der Waals surface area (Å²) in [6.45, 7) is 0. The molecule has 4 aromatic carbocycles. The second-order valence-electron chi connectivity index (χ2n) is 10.5. The van der Waals surface area contributed by atoms with Crippen molar-refractivity contribution < 1.29 is 14.0 Å². The minimum Gasteiger partial charge on any atom is -0.323 e. The Morgan fingerprint density at radius 1 is 0.850 bits per heavy atom. The van der Waals surface area contributed by atoms with E-state index in [4.69, 9.17) is 0 Å². The van der Waals surface area contributed by atoms with E-state index in [0.717, 1.165) is 33.3 Å². The fourth-order valence-electron chi connectivity index (χ4n) is 7.10. The number of fused-ring (bicyclic) bond motifs is 1. The number of imide groups is 1. The topological polar surface area (TPSA) is 90.5 Å². The molecule has 8 heteroatoms. The van der Waals surface area contributed by atoms with Crippen LogP contribution in [0.15, 0.2) is 102 Å². The van der Waals surface area contributed by atoms with Crippen molar-refractivity contribution in [1.29, 1.82) is 0 Å². The smallest absolute Gasteiger partial charge is 0.239 e. The van der Waals surface area contributed by atoms with E-state index in [9.17, 15) is 14.0 Å². The van der Waals surface area contributed by atoms with E-state index < -0.39 is 23.1 Å². The molecule has 2 bridgehead atoms. The highest BCUT2D eigenvalue weighted by molar-refractivity contribution is 6.25. The molecule has 2 heterocycles. The summed E-state index contributed by atoms with van der Waals surface area (Å²) in [6, 6.07) is 29.2. The van der Waals surface area contributed by atoms with Crippen molar-refractivity contribution in [3.63, 3.8) is 0 Å². The van der Waals surface area contributed by atoms with E-state index in [1.165, 1.54) is 29.2 Å². The van der Waals surface area contributed by atoms with Gasteiger partial charge < -0.3 is 4.98 Å². The van der Waals surface area contributed by atoms with E-state index in [-0.39, 0.29) is 17.7 Å². The molecule has 4 aliphatic rings. The average Bonchev–Trinajstić information content (AvgIpc) is 3.52. The Bertz CT molecular complexity index is 1800. The molecule has 2 atom stereocenters. The maximum Gasteiger partial charge on any atom is 0.239 e. The lowest BCUT2D eigenvalue weighted by molar-refractivity contribution is -0.122. The first-order valence-corrected chi connectivity index (χ1v) is 13.1. The third-order valence-corrected chi connectivity index (χ3v) is 8.60. The zero-order valence-electron chi connectivity index (χ0n) is 21.1. The number of H-pyrrole nitrogens is 1. The number of hydrazone groups is 1. The average molecular weight is 528 g/mol. The number of imidazole rings is 1. The Morgan fingerprint density at radius 2 is 1.50 bits per heavy atom. The molecule has 0 spiro atoms. The van der Waals surface area contributed by atoms with Crippen LogP contribution in [0.25, 0.3) is 11.0 Å². The van der Waals surface area contributed by atoms with E-state index in [1.807, 2.05) is 72.8 Å². The molecule has 40 heavy (non-hydrogen) atoms. The largest absolute Gasteiger partial charge is 0.323 e. The molecule has 1 saturated heterocycles. The highest BCUT2D eigenvalue weighted by atomic mass is 19.1. The van der Waals surface area contributed by atoms with Gasteiger partial charge >= 0.3 is 0 Å². The van der Waals surface area contributed by atoms with E-state index in [1.54, 1.807) is 6.21 Å². The van der Waals surface area contributed by atoms with E-state index in [2.05, 4.69) is 20.5 Å². The first kappa shape index (κ1) is 22.8. The van der Waals surface area contributed by atoms with Crippen LogP contribution in [0, 0.1) is 17.7 Å². The molecule has 0 radical (unpaired) electrons. The van der Waals surface area contributed by atoms with E-state index in [0.29, 0.717) is 11.6 Å². The van der Waals surface area contributed by atoms with Crippen molar-refractivity contribution in [2.45, 2.75) is 11.3 Å². The Morgan fingerprint density at radius 3 is 2.20 bits per heavy atom. The van der Waals surface area contributed by atoms with Crippen molar-refractivity contribution in [2.24, 2.45) is 16.9 Å². The SMILES string of the molecule is O=C1[C@@H]2C3c4ccccc4C(/C=N\Nc4nc5ccccc5[nH]4)(c4ccccc43)[C@@H]2C(=O)N1c1ccc(F)cc1. The number of aromatic nitrogens is 2. The van der Waals surface area contributed by atoms with Gasteiger partial charge in [-0.15, -0.1) is 0 Å². The number of halogens is 1.